The minimum absolute atomic E-state index is 0.00121. The Morgan fingerprint density at radius 3 is 2.21 bits per heavy atom. The van der Waals surface area contributed by atoms with Crippen molar-refractivity contribution in [1.82, 2.24) is 14.1 Å². The van der Waals surface area contributed by atoms with E-state index in [1.54, 1.807) is 11.9 Å². The van der Waals surface area contributed by atoms with E-state index in [2.05, 4.69) is 0 Å². The molecule has 0 spiro atoms. The first-order valence-corrected chi connectivity index (χ1v) is 10.6. The Kier molecular flexibility index (Phi) is 6.43. The fourth-order valence-electron chi connectivity index (χ4n) is 3.14. The molecule has 1 amide bonds. The van der Waals surface area contributed by atoms with E-state index >= 15 is 0 Å². The summed E-state index contributed by atoms with van der Waals surface area (Å²) in [7, 11) is -1.87. The summed E-state index contributed by atoms with van der Waals surface area (Å²) >= 11 is 0. The maximum Gasteiger partial charge on any atom is 0.243 e. The van der Waals surface area contributed by atoms with Crippen LogP contribution in [-0.4, -0.2) is 68.2 Å². The molecule has 0 bridgehead atoms. The van der Waals surface area contributed by atoms with E-state index in [4.69, 9.17) is 0 Å². The smallest absolute Gasteiger partial charge is 0.243 e. The van der Waals surface area contributed by atoms with Gasteiger partial charge in [0.25, 0.3) is 0 Å². The molecule has 1 saturated heterocycles. The van der Waals surface area contributed by atoms with Crippen LogP contribution in [0.25, 0.3) is 0 Å². The summed E-state index contributed by atoms with van der Waals surface area (Å²) in [6.07, 6.45) is 0. The summed E-state index contributed by atoms with van der Waals surface area (Å²) in [5, 5.41) is 0. The van der Waals surface area contributed by atoms with Crippen molar-refractivity contribution < 1.29 is 17.6 Å². The molecule has 0 radical (unpaired) electrons. The normalized spacial score (nSPS) is 16.1. The molecular formula is C20H24FN3O3S. The van der Waals surface area contributed by atoms with Crippen molar-refractivity contribution in [1.29, 1.82) is 0 Å². The number of carbonyl (C=O) groups is 1. The lowest BCUT2D eigenvalue weighted by Crippen LogP contribution is -2.51. The van der Waals surface area contributed by atoms with Gasteiger partial charge in [-0.25, -0.2) is 12.8 Å². The zero-order valence-electron chi connectivity index (χ0n) is 15.8. The number of amides is 1. The molecule has 8 heteroatoms. The third-order valence-electron chi connectivity index (χ3n) is 4.83. The van der Waals surface area contributed by atoms with Crippen LogP contribution < -0.4 is 0 Å². The van der Waals surface area contributed by atoms with E-state index in [0.29, 0.717) is 32.7 Å². The second kappa shape index (κ2) is 8.81. The number of likely N-dealkylation sites (N-methyl/N-ethyl adjacent to an activating group) is 1. The highest BCUT2D eigenvalue weighted by molar-refractivity contribution is 7.89. The number of piperazine rings is 1. The van der Waals surface area contributed by atoms with E-state index in [-0.39, 0.29) is 17.3 Å². The van der Waals surface area contributed by atoms with E-state index in [0.717, 1.165) is 17.7 Å². The Bertz CT molecular complexity index is 896. The topological polar surface area (TPSA) is 60.9 Å². The minimum Gasteiger partial charge on any atom is -0.340 e. The van der Waals surface area contributed by atoms with Crippen LogP contribution in [-0.2, 0) is 21.4 Å². The average Bonchev–Trinajstić information content (AvgIpc) is 2.69. The van der Waals surface area contributed by atoms with Crippen LogP contribution >= 0.6 is 0 Å². The zero-order chi connectivity index (χ0) is 20.1. The van der Waals surface area contributed by atoms with E-state index in [1.807, 2.05) is 35.2 Å². The van der Waals surface area contributed by atoms with Gasteiger partial charge in [-0.3, -0.25) is 9.69 Å². The molecule has 0 aliphatic carbocycles. The highest BCUT2D eigenvalue weighted by Crippen LogP contribution is 2.18. The Hall–Kier alpha value is -2.29. The summed E-state index contributed by atoms with van der Waals surface area (Å²) in [6.45, 7) is 2.35. The molecule has 2 aromatic rings. The van der Waals surface area contributed by atoms with Crippen LogP contribution in [0.2, 0.25) is 0 Å². The Balaban J connectivity index is 1.52. The van der Waals surface area contributed by atoms with Gasteiger partial charge in [-0.1, -0.05) is 30.3 Å². The van der Waals surface area contributed by atoms with E-state index in [1.165, 1.54) is 16.4 Å². The highest BCUT2D eigenvalue weighted by Gasteiger charge is 2.29. The molecule has 0 aromatic heterocycles. The number of carbonyl (C=O) groups excluding carboxylic acids is 1. The summed E-state index contributed by atoms with van der Waals surface area (Å²) in [5.41, 5.74) is 1.06. The van der Waals surface area contributed by atoms with Gasteiger partial charge >= 0.3 is 0 Å². The number of halogens is 1. The maximum absolute atomic E-state index is 13.0. The molecule has 6 nitrogen and oxygen atoms in total. The third-order valence-corrected chi connectivity index (χ3v) is 6.74. The lowest BCUT2D eigenvalue weighted by atomic mass is 10.2. The van der Waals surface area contributed by atoms with Crippen molar-refractivity contribution in [3.8, 4) is 0 Å². The van der Waals surface area contributed by atoms with Crippen molar-refractivity contribution in [2.24, 2.45) is 0 Å². The Morgan fingerprint density at radius 1 is 1.00 bits per heavy atom. The molecule has 28 heavy (non-hydrogen) atoms. The van der Waals surface area contributed by atoms with Crippen molar-refractivity contribution in [3.63, 3.8) is 0 Å². The number of hydrogen-bond donors (Lipinski definition) is 0. The van der Waals surface area contributed by atoms with E-state index < -0.39 is 15.8 Å². The first-order valence-electron chi connectivity index (χ1n) is 9.12. The summed E-state index contributed by atoms with van der Waals surface area (Å²) in [4.78, 5) is 16.2. The number of hydrogen-bond acceptors (Lipinski definition) is 4. The van der Waals surface area contributed by atoms with Gasteiger partial charge in [-0.05, 0) is 29.8 Å². The van der Waals surface area contributed by atoms with Gasteiger partial charge in [-0.15, -0.1) is 0 Å². The molecular weight excluding hydrogens is 381 g/mol. The standard InChI is InChI=1S/C20H24FN3O3S/c1-22(15-17-5-3-2-4-6-17)20(25)16-23-11-13-24(14-12-23)28(26,27)19-9-7-18(21)8-10-19/h2-10H,11-16H2,1H3. The SMILES string of the molecule is CN(Cc1ccccc1)C(=O)CN1CCN(S(=O)(=O)c2ccc(F)cc2)CC1. The van der Waals surface area contributed by atoms with Gasteiger partial charge < -0.3 is 4.90 Å². The lowest BCUT2D eigenvalue weighted by molar-refractivity contribution is -0.131. The largest absolute Gasteiger partial charge is 0.340 e. The lowest BCUT2D eigenvalue weighted by Gasteiger charge is -2.34. The number of benzene rings is 2. The van der Waals surface area contributed by atoms with Crippen LogP contribution in [0.5, 0.6) is 0 Å². The number of sulfonamides is 1. The Labute approximate surface area is 165 Å². The van der Waals surface area contributed by atoms with Gasteiger partial charge in [0, 0.05) is 39.8 Å². The van der Waals surface area contributed by atoms with E-state index in [9.17, 15) is 17.6 Å². The summed E-state index contributed by atoms with van der Waals surface area (Å²) < 4.78 is 39.7. The van der Waals surface area contributed by atoms with Crippen molar-refractivity contribution in [2.75, 3.05) is 39.8 Å². The number of nitrogens with zero attached hydrogens (tertiary/aromatic N) is 3. The molecule has 150 valence electrons. The first-order chi connectivity index (χ1) is 13.4. The predicted octanol–water partition coefficient (Wildman–Crippen LogP) is 1.79. The average molecular weight is 405 g/mol. The van der Waals surface area contributed by atoms with Crippen LogP contribution in [0, 0.1) is 5.82 Å². The van der Waals surface area contributed by atoms with Gasteiger partial charge in [0.15, 0.2) is 0 Å². The first kappa shape index (κ1) is 20.4. The van der Waals surface area contributed by atoms with Crippen molar-refractivity contribution >= 4 is 15.9 Å². The molecule has 1 heterocycles. The summed E-state index contributed by atoms with van der Waals surface area (Å²) in [6, 6.07) is 14.6. The van der Waals surface area contributed by atoms with Crippen LogP contribution in [0.3, 0.4) is 0 Å². The van der Waals surface area contributed by atoms with Gasteiger partial charge in [0.1, 0.15) is 5.82 Å². The summed E-state index contributed by atoms with van der Waals surface area (Å²) in [5.74, 6) is -0.472. The quantitative estimate of drug-likeness (QED) is 0.735. The van der Waals surface area contributed by atoms with Crippen molar-refractivity contribution in [2.45, 2.75) is 11.4 Å². The Morgan fingerprint density at radius 2 is 1.61 bits per heavy atom. The molecule has 1 aliphatic rings. The molecule has 1 aliphatic heterocycles. The molecule has 0 N–H and O–H groups in total. The van der Waals surface area contributed by atoms with Crippen LogP contribution in [0.15, 0.2) is 59.5 Å². The predicted molar refractivity (Wildman–Crippen MR) is 105 cm³/mol. The van der Waals surface area contributed by atoms with Gasteiger partial charge in [0.2, 0.25) is 15.9 Å². The molecule has 0 saturated carbocycles. The second-order valence-electron chi connectivity index (χ2n) is 6.87. The number of rotatable bonds is 6. The molecule has 0 unspecified atom stereocenters. The fourth-order valence-corrected chi connectivity index (χ4v) is 4.56. The molecule has 2 aromatic carbocycles. The third kappa shape index (κ3) is 4.95. The monoisotopic (exact) mass is 405 g/mol. The fraction of sp³-hybridized carbons (Fsp3) is 0.350. The molecule has 0 atom stereocenters. The molecule has 3 rings (SSSR count). The van der Waals surface area contributed by atoms with Crippen LogP contribution in [0.4, 0.5) is 4.39 Å². The highest BCUT2D eigenvalue weighted by atomic mass is 32.2. The zero-order valence-corrected chi connectivity index (χ0v) is 16.6. The van der Waals surface area contributed by atoms with Crippen molar-refractivity contribution in [3.05, 3.63) is 66.0 Å². The van der Waals surface area contributed by atoms with Crippen LogP contribution in [0.1, 0.15) is 5.56 Å². The van der Waals surface area contributed by atoms with Gasteiger partial charge in [0.05, 0.1) is 11.4 Å². The van der Waals surface area contributed by atoms with Gasteiger partial charge in [-0.2, -0.15) is 4.31 Å². The maximum atomic E-state index is 13.0. The molecule has 1 fully saturated rings. The minimum atomic E-state index is -3.64. The second-order valence-corrected chi connectivity index (χ2v) is 8.81.